The van der Waals surface area contributed by atoms with Crippen molar-refractivity contribution in [3.63, 3.8) is 0 Å². The maximum atomic E-state index is 12.7. The molecule has 5 nitrogen and oxygen atoms in total. The van der Waals surface area contributed by atoms with Crippen molar-refractivity contribution < 1.29 is 9.59 Å². The lowest BCUT2D eigenvalue weighted by Gasteiger charge is -2.35. The van der Waals surface area contributed by atoms with Crippen molar-refractivity contribution in [2.45, 2.75) is 49.9 Å². The molecule has 0 radical (unpaired) electrons. The minimum atomic E-state index is -0.0131. The fourth-order valence-corrected chi connectivity index (χ4v) is 5.35. The second kappa shape index (κ2) is 7.87. The van der Waals surface area contributed by atoms with Crippen LogP contribution in [0.1, 0.15) is 38.8 Å². The topological polar surface area (TPSA) is 53.5 Å². The van der Waals surface area contributed by atoms with Gasteiger partial charge in [0.25, 0.3) is 0 Å². The van der Waals surface area contributed by atoms with Gasteiger partial charge in [-0.1, -0.05) is 25.6 Å². The highest BCUT2D eigenvalue weighted by atomic mass is 32.2. The fourth-order valence-electron chi connectivity index (χ4n) is 3.60. The first-order chi connectivity index (χ1) is 11.6. The van der Waals surface area contributed by atoms with Crippen LogP contribution in [-0.4, -0.2) is 58.0 Å². The number of thiazole rings is 1. The van der Waals surface area contributed by atoms with Gasteiger partial charge in [0.2, 0.25) is 11.8 Å². The Kier molecular flexibility index (Phi) is 5.81. The molecule has 132 valence electrons. The first kappa shape index (κ1) is 17.7. The average molecular weight is 368 g/mol. The molecule has 0 N–H and O–H groups in total. The van der Waals surface area contributed by atoms with E-state index in [0.29, 0.717) is 19.5 Å². The van der Waals surface area contributed by atoms with E-state index in [1.165, 1.54) is 0 Å². The van der Waals surface area contributed by atoms with E-state index >= 15 is 0 Å². The van der Waals surface area contributed by atoms with Gasteiger partial charge in [-0.3, -0.25) is 9.59 Å². The quantitative estimate of drug-likeness (QED) is 0.726. The Labute approximate surface area is 151 Å². The summed E-state index contributed by atoms with van der Waals surface area (Å²) in [7, 11) is 0. The summed E-state index contributed by atoms with van der Waals surface area (Å²) in [6.07, 6.45) is 3.26. The smallest absolute Gasteiger partial charge is 0.228 e. The SMILES string of the molecule is CCCN1C(=O)[C@H]2CC[C@@H]1CN(C(=O)Cc1csc(SCC)n1)C2. The maximum absolute atomic E-state index is 12.7. The van der Waals surface area contributed by atoms with Crippen LogP contribution in [0.2, 0.25) is 0 Å². The largest absolute Gasteiger partial charge is 0.339 e. The monoisotopic (exact) mass is 367 g/mol. The zero-order valence-electron chi connectivity index (χ0n) is 14.4. The summed E-state index contributed by atoms with van der Waals surface area (Å²) in [6, 6.07) is 0.196. The molecule has 4 rings (SSSR count). The van der Waals surface area contributed by atoms with Gasteiger partial charge in [0.15, 0.2) is 0 Å². The van der Waals surface area contributed by atoms with Crippen molar-refractivity contribution in [1.29, 1.82) is 0 Å². The van der Waals surface area contributed by atoms with Crippen LogP contribution in [0.3, 0.4) is 0 Å². The molecule has 3 aliphatic rings. The third-order valence-corrected chi connectivity index (χ3v) is 6.69. The number of nitrogens with zero attached hydrogens (tertiary/aromatic N) is 3. The molecule has 0 unspecified atom stereocenters. The van der Waals surface area contributed by atoms with E-state index in [2.05, 4.69) is 18.8 Å². The van der Waals surface area contributed by atoms with E-state index in [4.69, 9.17) is 0 Å². The minimum Gasteiger partial charge on any atom is -0.339 e. The molecule has 0 spiro atoms. The van der Waals surface area contributed by atoms with E-state index in [9.17, 15) is 9.59 Å². The third-order valence-electron chi connectivity index (χ3n) is 4.74. The summed E-state index contributed by atoms with van der Waals surface area (Å²) in [5, 5.41) is 1.98. The molecule has 0 saturated carbocycles. The Morgan fingerprint density at radius 1 is 1.38 bits per heavy atom. The van der Waals surface area contributed by atoms with Crippen LogP contribution >= 0.6 is 23.1 Å². The molecule has 1 aromatic heterocycles. The van der Waals surface area contributed by atoms with Crippen LogP contribution in [-0.2, 0) is 16.0 Å². The molecule has 2 amide bonds. The lowest BCUT2D eigenvalue weighted by atomic mass is 9.94. The van der Waals surface area contributed by atoms with Gasteiger partial charge in [-0.15, -0.1) is 11.3 Å². The molecule has 2 atom stereocenters. The summed E-state index contributed by atoms with van der Waals surface area (Å²) in [5.74, 6) is 1.34. The van der Waals surface area contributed by atoms with E-state index in [1.54, 1.807) is 23.1 Å². The van der Waals surface area contributed by atoms with E-state index in [0.717, 1.165) is 41.6 Å². The number of hydrogen-bond donors (Lipinski definition) is 0. The Hall–Kier alpha value is -1.08. The van der Waals surface area contributed by atoms with E-state index in [1.807, 2.05) is 15.2 Å². The predicted octanol–water partition coefficient (Wildman–Crippen LogP) is 2.66. The molecule has 3 saturated heterocycles. The van der Waals surface area contributed by atoms with Crippen LogP contribution < -0.4 is 0 Å². The highest BCUT2D eigenvalue weighted by Gasteiger charge is 2.41. The zero-order chi connectivity index (χ0) is 17.1. The first-order valence-electron chi connectivity index (χ1n) is 8.77. The zero-order valence-corrected chi connectivity index (χ0v) is 16.0. The van der Waals surface area contributed by atoms with Crippen molar-refractivity contribution in [2.24, 2.45) is 5.92 Å². The molecule has 4 heterocycles. The molecule has 3 fully saturated rings. The number of fused-ring (bicyclic) bond motifs is 4. The predicted molar refractivity (Wildman–Crippen MR) is 97.3 cm³/mol. The molecular formula is C17H25N3O2S2. The van der Waals surface area contributed by atoms with Crippen LogP contribution in [0.25, 0.3) is 0 Å². The second-order valence-electron chi connectivity index (χ2n) is 6.47. The van der Waals surface area contributed by atoms with Gasteiger partial charge < -0.3 is 9.80 Å². The molecule has 24 heavy (non-hydrogen) atoms. The van der Waals surface area contributed by atoms with Gasteiger partial charge >= 0.3 is 0 Å². The van der Waals surface area contributed by atoms with E-state index < -0.39 is 0 Å². The maximum Gasteiger partial charge on any atom is 0.228 e. The molecule has 3 aliphatic heterocycles. The van der Waals surface area contributed by atoms with Crippen LogP contribution in [0, 0.1) is 5.92 Å². The highest BCUT2D eigenvalue weighted by Crippen LogP contribution is 2.30. The van der Waals surface area contributed by atoms with Crippen molar-refractivity contribution in [2.75, 3.05) is 25.4 Å². The molecule has 0 aliphatic carbocycles. The normalized spacial score (nSPS) is 23.7. The minimum absolute atomic E-state index is 0.0131. The summed E-state index contributed by atoms with van der Waals surface area (Å²) in [5.41, 5.74) is 0.856. The number of piperidine rings is 1. The average Bonchev–Trinajstić information content (AvgIpc) is 2.81. The van der Waals surface area contributed by atoms with Gasteiger partial charge in [-0.25, -0.2) is 4.98 Å². The number of hydrogen-bond acceptors (Lipinski definition) is 5. The number of aromatic nitrogens is 1. The van der Waals surface area contributed by atoms with Crippen molar-refractivity contribution in [1.82, 2.24) is 14.8 Å². The Morgan fingerprint density at radius 3 is 2.96 bits per heavy atom. The molecule has 7 heteroatoms. The highest BCUT2D eigenvalue weighted by molar-refractivity contribution is 8.00. The Morgan fingerprint density at radius 2 is 2.21 bits per heavy atom. The van der Waals surface area contributed by atoms with Crippen LogP contribution in [0.15, 0.2) is 9.72 Å². The number of thioether (sulfide) groups is 1. The summed E-state index contributed by atoms with van der Waals surface area (Å²) >= 11 is 3.32. The molecule has 0 aromatic carbocycles. The van der Waals surface area contributed by atoms with Crippen molar-refractivity contribution >= 4 is 34.9 Å². The summed E-state index contributed by atoms with van der Waals surface area (Å²) in [4.78, 5) is 33.8. The molecular weight excluding hydrogens is 342 g/mol. The number of carbonyl (C=O) groups is 2. The van der Waals surface area contributed by atoms with Gasteiger partial charge in [0.05, 0.1) is 18.0 Å². The van der Waals surface area contributed by atoms with Gasteiger partial charge in [0.1, 0.15) is 4.34 Å². The van der Waals surface area contributed by atoms with Gasteiger partial charge in [-0.05, 0) is 25.0 Å². The Balaban J connectivity index is 1.66. The third kappa shape index (κ3) is 3.77. The molecule has 2 bridgehead atoms. The lowest BCUT2D eigenvalue weighted by molar-refractivity contribution is -0.139. The first-order valence-corrected chi connectivity index (χ1v) is 10.6. The van der Waals surface area contributed by atoms with Crippen molar-refractivity contribution in [3.8, 4) is 0 Å². The van der Waals surface area contributed by atoms with Crippen molar-refractivity contribution in [3.05, 3.63) is 11.1 Å². The van der Waals surface area contributed by atoms with Gasteiger partial charge in [-0.2, -0.15) is 0 Å². The number of carbonyl (C=O) groups excluding carboxylic acids is 2. The fraction of sp³-hybridized carbons (Fsp3) is 0.706. The summed E-state index contributed by atoms with van der Waals surface area (Å²) < 4.78 is 1.03. The van der Waals surface area contributed by atoms with Crippen LogP contribution in [0.5, 0.6) is 0 Å². The molecule has 1 aromatic rings. The van der Waals surface area contributed by atoms with Crippen LogP contribution in [0.4, 0.5) is 0 Å². The lowest BCUT2D eigenvalue weighted by Crippen LogP contribution is -2.48. The summed E-state index contributed by atoms with van der Waals surface area (Å²) in [6.45, 7) is 6.27. The second-order valence-corrected chi connectivity index (χ2v) is 8.84. The number of rotatable bonds is 6. The number of amides is 2. The van der Waals surface area contributed by atoms with Gasteiger partial charge in [0, 0.05) is 31.1 Å². The van der Waals surface area contributed by atoms with E-state index in [-0.39, 0.29) is 23.8 Å². The Bertz CT molecular complexity index is 604. The standard InChI is InChI=1S/C17H25N3O2S2/c1-3-7-20-14-6-5-12(16(20)22)9-19(10-14)15(21)8-13-11-24-17(18-13)23-4-2/h11-12,14H,3-10H2,1-2H3/t12-,14+/m0/s1.